The van der Waals surface area contributed by atoms with Gasteiger partial charge in [-0.25, -0.2) is 4.79 Å². The van der Waals surface area contributed by atoms with Crippen molar-refractivity contribution < 1.29 is 24.2 Å². The summed E-state index contributed by atoms with van der Waals surface area (Å²) in [4.78, 5) is 27.4. The van der Waals surface area contributed by atoms with E-state index in [1.54, 1.807) is 60.4 Å². The Labute approximate surface area is 208 Å². The Morgan fingerprint density at radius 1 is 0.972 bits per heavy atom. The number of benzene rings is 3. The van der Waals surface area contributed by atoms with Crippen LogP contribution < -0.4 is 9.64 Å². The van der Waals surface area contributed by atoms with Gasteiger partial charge < -0.3 is 14.6 Å². The molecule has 2 heterocycles. The number of rotatable bonds is 7. The molecular weight excluding hydrogens is 458 g/mol. The summed E-state index contributed by atoms with van der Waals surface area (Å²) in [5, 5.41) is 17.3. The van der Waals surface area contributed by atoms with E-state index >= 15 is 0 Å². The van der Waals surface area contributed by atoms with Gasteiger partial charge in [0.25, 0.3) is 5.91 Å². The van der Waals surface area contributed by atoms with Gasteiger partial charge in [0.2, 0.25) is 0 Å². The highest BCUT2D eigenvalue weighted by atomic mass is 16.5. The van der Waals surface area contributed by atoms with Gasteiger partial charge in [0.15, 0.2) is 0 Å². The fraction of sp³-hybridized carbons (Fsp3) is 0.179. The molecule has 0 unspecified atom stereocenters. The summed E-state index contributed by atoms with van der Waals surface area (Å²) < 4.78 is 10.6. The minimum atomic E-state index is -0.498. The molecule has 182 valence electrons. The predicted molar refractivity (Wildman–Crippen MR) is 134 cm³/mol. The maximum absolute atomic E-state index is 13.6. The highest BCUT2D eigenvalue weighted by molar-refractivity contribution is 6.12. The summed E-state index contributed by atoms with van der Waals surface area (Å²) in [5.74, 6) is 0.228. The molecule has 2 N–H and O–H groups in total. The second-order valence-electron chi connectivity index (χ2n) is 8.25. The number of esters is 1. The van der Waals surface area contributed by atoms with Crippen LogP contribution in [0.4, 0.5) is 5.69 Å². The van der Waals surface area contributed by atoms with Crippen LogP contribution in [0.15, 0.2) is 72.8 Å². The van der Waals surface area contributed by atoms with Crippen molar-refractivity contribution in [3.63, 3.8) is 0 Å². The maximum atomic E-state index is 13.6. The zero-order valence-corrected chi connectivity index (χ0v) is 19.9. The van der Waals surface area contributed by atoms with Crippen LogP contribution in [-0.2, 0) is 4.74 Å². The van der Waals surface area contributed by atoms with Crippen LogP contribution in [0.2, 0.25) is 0 Å². The molecule has 4 aromatic rings. The molecule has 0 bridgehead atoms. The number of carbonyl (C=O) groups excluding carboxylic acids is 2. The summed E-state index contributed by atoms with van der Waals surface area (Å²) >= 11 is 0. The quantitative estimate of drug-likeness (QED) is 0.354. The van der Waals surface area contributed by atoms with Crippen LogP contribution in [0.5, 0.6) is 11.5 Å². The Hall–Kier alpha value is -4.59. The number of carbonyl (C=O) groups is 2. The maximum Gasteiger partial charge on any atom is 0.338 e. The molecule has 0 radical (unpaired) electrons. The standard InChI is InChI=1S/C28H25N3O5/c1-3-35-22-15-9-17(10-16-22)24-23-25(30-29-24)27(33)31(26(23)18-7-13-21(32)14-8-18)20-11-5-19(6-12-20)28(34)36-4-2/h5-16,26,32H,3-4H2,1-2H3,(H,29,30)/t26-/m0/s1. The average molecular weight is 484 g/mol. The fourth-order valence-corrected chi connectivity index (χ4v) is 4.45. The number of ether oxygens (including phenoxy) is 2. The number of hydrogen-bond donors (Lipinski definition) is 2. The minimum absolute atomic E-state index is 0.132. The van der Waals surface area contributed by atoms with Crippen molar-refractivity contribution in [2.24, 2.45) is 0 Å². The van der Waals surface area contributed by atoms with Gasteiger partial charge in [0, 0.05) is 16.8 Å². The third-order valence-electron chi connectivity index (χ3n) is 6.07. The normalized spacial score (nSPS) is 14.6. The molecule has 5 rings (SSSR count). The molecule has 1 amide bonds. The summed E-state index contributed by atoms with van der Waals surface area (Å²) in [6.07, 6.45) is 0. The van der Waals surface area contributed by atoms with E-state index in [2.05, 4.69) is 10.2 Å². The molecule has 1 aliphatic rings. The molecule has 1 aromatic heterocycles. The van der Waals surface area contributed by atoms with Gasteiger partial charge in [-0.3, -0.25) is 14.8 Å². The van der Waals surface area contributed by atoms with Crippen molar-refractivity contribution in [3.8, 4) is 22.8 Å². The van der Waals surface area contributed by atoms with E-state index in [4.69, 9.17) is 9.47 Å². The highest BCUT2D eigenvalue weighted by Crippen LogP contribution is 2.45. The Bertz CT molecular complexity index is 1390. The molecule has 0 aliphatic carbocycles. The lowest BCUT2D eigenvalue weighted by molar-refractivity contribution is 0.0526. The Kier molecular flexibility index (Phi) is 6.16. The number of aromatic nitrogens is 2. The highest BCUT2D eigenvalue weighted by Gasteiger charge is 2.43. The lowest BCUT2D eigenvalue weighted by atomic mass is 9.95. The monoisotopic (exact) mass is 483 g/mol. The lowest BCUT2D eigenvalue weighted by Crippen LogP contribution is -2.29. The summed E-state index contributed by atoms with van der Waals surface area (Å²) in [6.45, 7) is 4.53. The van der Waals surface area contributed by atoms with Gasteiger partial charge in [0.05, 0.1) is 30.5 Å². The average Bonchev–Trinajstić information content (AvgIpc) is 3.44. The van der Waals surface area contributed by atoms with Gasteiger partial charge in [-0.2, -0.15) is 5.10 Å². The number of fused-ring (bicyclic) bond motifs is 1. The molecule has 3 aromatic carbocycles. The Morgan fingerprint density at radius 2 is 1.67 bits per heavy atom. The number of aromatic amines is 1. The number of hydrogen-bond acceptors (Lipinski definition) is 6. The number of anilines is 1. The van der Waals surface area contributed by atoms with Crippen LogP contribution in [0.3, 0.4) is 0 Å². The first-order chi connectivity index (χ1) is 17.5. The summed E-state index contributed by atoms with van der Waals surface area (Å²) in [5.41, 5.74) is 4.47. The topological polar surface area (TPSA) is 105 Å². The van der Waals surface area contributed by atoms with Gasteiger partial charge in [-0.1, -0.05) is 12.1 Å². The molecular formula is C28H25N3O5. The van der Waals surface area contributed by atoms with Crippen LogP contribution in [0.1, 0.15) is 51.9 Å². The zero-order valence-electron chi connectivity index (χ0n) is 19.9. The number of phenolic OH excluding ortho intramolecular Hbond substituents is 1. The summed E-state index contributed by atoms with van der Waals surface area (Å²) in [7, 11) is 0. The van der Waals surface area contributed by atoms with E-state index in [1.807, 2.05) is 31.2 Å². The second kappa shape index (κ2) is 9.58. The molecule has 0 saturated heterocycles. The molecule has 0 spiro atoms. The fourth-order valence-electron chi connectivity index (χ4n) is 4.45. The second-order valence-corrected chi connectivity index (χ2v) is 8.25. The van der Waals surface area contributed by atoms with E-state index in [0.29, 0.717) is 29.2 Å². The number of amides is 1. The molecule has 0 saturated carbocycles. The first kappa shape index (κ1) is 23.2. The molecule has 1 atom stereocenters. The predicted octanol–water partition coefficient (Wildman–Crippen LogP) is 5.11. The largest absolute Gasteiger partial charge is 0.508 e. The van der Waals surface area contributed by atoms with Crippen molar-refractivity contribution in [1.82, 2.24) is 10.2 Å². The summed E-state index contributed by atoms with van der Waals surface area (Å²) in [6, 6.07) is 20.6. The van der Waals surface area contributed by atoms with Crippen LogP contribution in [0.25, 0.3) is 11.3 Å². The van der Waals surface area contributed by atoms with Gasteiger partial charge >= 0.3 is 5.97 Å². The van der Waals surface area contributed by atoms with Crippen molar-refractivity contribution in [2.75, 3.05) is 18.1 Å². The van der Waals surface area contributed by atoms with E-state index in [9.17, 15) is 14.7 Å². The van der Waals surface area contributed by atoms with E-state index < -0.39 is 12.0 Å². The molecule has 8 heteroatoms. The number of aromatic hydroxyl groups is 1. The SMILES string of the molecule is CCOC(=O)c1ccc(N2C(=O)c3[nH]nc(-c4ccc(OCC)cc4)c3[C@@H]2c2ccc(O)cc2)cc1. The van der Waals surface area contributed by atoms with Crippen LogP contribution >= 0.6 is 0 Å². The first-order valence-electron chi connectivity index (χ1n) is 11.7. The van der Waals surface area contributed by atoms with Gasteiger partial charge in [0.1, 0.15) is 17.2 Å². The van der Waals surface area contributed by atoms with E-state index in [1.165, 1.54) is 0 Å². The van der Waals surface area contributed by atoms with Crippen molar-refractivity contribution in [3.05, 3.63) is 95.2 Å². The Balaban J connectivity index is 1.60. The number of H-pyrrole nitrogens is 1. The van der Waals surface area contributed by atoms with Crippen molar-refractivity contribution in [1.29, 1.82) is 0 Å². The van der Waals surface area contributed by atoms with Gasteiger partial charge in [-0.05, 0) is 80.1 Å². The smallest absolute Gasteiger partial charge is 0.338 e. The molecule has 1 aliphatic heterocycles. The van der Waals surface area contributed by atoms with Crippen molar-refractivity contribution >= 4 is 17.6 Å². The zero-order chi connectivity index (χ0) is 25.2. The molecule has 0 fully saturated rings. The molecule has 8 nitrogen and oxygen atoms in total. The van der Waals surface area contributed by atoms with E-state index in [0.717, 1.165) is 22.4 Å². The number of nitrogens with zero attached hydrogens (tertiary/aromatic N) is 2. The van der Waals surface area contributed by atoms with Gasteiger partial charge in [-0.15, -0.1) is 0 Å². The third-order valence-corrected chi connectivity index (χ3v) is 6.07. The number of nitrogens with one attached hydrogen (secondary N) is 1. The van der Waals surface area contributed by atoms with Crippen molar-refractivity contribution in [2.45, 2.75) is 19.9 Å². The minimum Gasteiger partial charge on any atom is -0.508 e. The number of phenols is 1. The molecule has 36 heavy (non-hydrogen) atoms. The Morgan fingerprint density at radius 3 is 2.31 bits per heavy atom. The lowest BCUT2D eigenvalue weighted by Gasteiger charge is -2.26. The van der Waals surface area contributed by atoms with Crippen LogP contribution in [-0.4, -0.2) is 40.4 Å². The first-order valence-corrected chi connectivity index (χ1v) is 11.7. The van der Waals surface area contributed by atoms with Crippen LogP contribution in [0, 0.1) is 0 Å². The third kappa shape index (κ3) is 4.07. The van der Waals surface area contributed by atoms with E-state index in [-0.39, 0.29) is 18.3 Å².